The molecular weight excluding hydrogens is 415 g/mol. The average molecular weight is 440 g/mol. The SMILES string of the molecule is CCCCC1CCC(c2cc(F)c(C(=O)Oc3cccc(C(F)(F)F)c3)c(F)c2)CC1. The van der Waals surface area contributed by atoms with Gasteiger partial charge in [-0.05, 0) is 73.4 Å². The minimum absolute atomic E-state index is 0.0235. The van der Waals surface area contributed by atoms with E-state index in [2.05, 4.69) is 6.92 Å². The van der Waals surface area contributed by atoms with Crippen LogP contribution in [0.25, 0.3) is 0 Å². The van der Waals surface area contributed by atoms with Crippen molar-refractivity contribution in [3.05, 3.63) is 64.7 Å². The van der Waals surface area contributed by atoms with E-state index in [1.54, 1.807) is 0 Å². The van der Waals surface area contributed by atoms with Gasteiger partial charge in [0.1, 0.15) is 22.9 Å². The quantitative estimate of drug-likeness (QED) is 0.262. The van der Waals surface area contributed by atoms with Crippen LogP contribution in [0.2, 0.25) is 0 Å². The molecule has 0 atom stereocenters. The summed E-state index contributed by atoms with van der Waals surface area (Å²) < 4.78 is 72.4. The first-order valence-electron chi connectivity index (χ1n) is 10.6. The Hall–Kier alpha value is -2.44. The van der Waals surface area contributed by atoms with Gasteiger partial charge < -0.3 is 4.74 Å². The van der Waals surface area contributed by atoms with E-state index in [9.17, 15) is 26.7 Å². The van der Waals surface area contributed by atoms with E-state index in [0.29, 0.717) is 17.5 Å². The number of ether oxygens (including phenoxy) is 1. The number of esters is 1. The summed E-state index contributed by atoms with van der Waals surface area (Å²) >= 11 is 0. The van der Waals surface area contributed by atoms with Crippen molar-refractivity contribution in [2.45, 2.75) is 64.0 Å². The highest BCUT2D eigenvalue weighted by Crippen LogP contribution is 2.38. The largest absolute Gasteiger partial charge is 0.423 e. The van der Waals surface area contributed by atoms with Crippen molar-refractivity contribution < 1.29 is 31.5 Å². The zero-order valence-electron chi connectivity index (χ0n) is 17.3. The van der Waals surface area contributed by atoms with Gasteiger partial charge in [-0.1, -0.05) is 32.3 Å². The second-order valence-electron chi connectivity index (χ2n) is 8.13. The number of benzene rings is 2. The molecular formula is C24H25F5O2. The van der Waals surface area contributed by atoms with Crippen LogP contribution in [0.15, 0.2) is 36.4 Å². The van der Waals surface area contributed by atoms with E-state index in [4.69, 9.17) is 4.74 Å². The van der Waals surface area contributed by atoms with Crippen molar-refractivity contribution in [3.63, 3.8) is 0 Å². The maximum absolute atomic E-state index is 14.6. The summed E-state index contributed by atoms with van der Waals surface area (Å²) in [4.78, 5) is 12.3. The molecule has 1 aliphatic carbocycles. The van der Waals surface area contributed by atoms with Gasteiger partial charge in [-0.25, -0.2) is 13.6 Å². The highest BCUT2D eigenvalue weighted by atomic mass is 19.4. The van der Waals surface area contributed by atoms with Gasteiger partial charge >= 0.3 is 12.1 Å². The Morgan fingerprint density at radius 1 is 1.03 bits per heavy atom. The fourth-order valence-corrected chi connectivity index (χ4v) is 4.19. The van der Waals surface area contributed by atoms with E-state index < -0.39 is 40.7 Å². The minimum atomic E-state index is -4.63. The molecule has 2 aromatic carbocycles. The first-order valence-corrected chi connectivity index (χ1v) is 10.6. The van der Waals surface area contributed by atoms with Crippen LogP contribution in [-0.4, -0.2) is 5.97 Å². The van der Waals surface area contributed by atoms with Crippen molar-refractivity contribution in [1.82, 2.24) is 0 Å². The van der Waals surface area contributed by atoms with Gasteiger partial charge in [0, 0.05) is 0 Å². The number of carbonyl (C=O) groups is 1. The molecule has 1 saturated carbocycles. The lowest BCUT2D eigenvalue weighted by atomic mass is 9.77. The summed E-state index contributed by atoms with van der Waals surface area (Å²) in [5, 5.41) is 0. The minimum Gasteiger partial charge on any atom is -0.423 e. The lowest BCUT2D eigenvalue weighted by molar-refractivity contribution is -0.137. The van der Waals surface area contributed by atoms with E-state index in [-0.39, 0.29) is 5.92 Å². The molecule has 7 heteroatoms. The predicted molar refractivity (Wildman–Crippen MR) is 107 cm³/mol. The number of hydrogen-bond donors (Lipinski definition) is 0. The zero-order valence-corrected chi connectivity index (χ0v) is 17.3. The van der Waals surface area contributed by atoms with Crippen molar-refractivity contribution >= 4 is 5.97 Å². The van der Waals surface area contributed by atoms with Crippen LogP contribution >= 0.6 is 0 Å². The molecule has 0 unspecified atom stereocenters. The molecule has 0 saturated heterocycles. The summed E-state index contributed by atoms with van der Waals surface area (Å²) in [7, 11) is 0. The van der Waals surface area contributed by atoms with Crippen LogP contribution < -0.4 is 4.74 Å². The molecule has 0 aliphatic heterocycles. The number of rotatable bonds is 6. The Labute approximate surface area is 178 Å². The predicted octanol–water partition coefficient (Wildman–Crippen LogP) is 7.67. The lowest BCUT2D eigenvalue weighted by Gasteiger charge is -2.29. The van der Waals surface area contributed by atoms with Crippen LogP contribution in [-0.2, 0) is 6.18 Å². The number of unbranched alkanes of at least 4 members (excludes halogenated alkanes) is 1. The van der Waals surface area contributed by atoms with Gasteiger partial charge in [-0.3, -0.25) is 0 Å². The standard InChI is InChI=1S/C24H25F5O2/c1-2-3-5-15-8-10-16(11-9-15)17-12-20(25)22(21(26)13-17)23(30)31-19-7-4-6-18(14-19)24(27,28)29/h4,6-7,12-16H,2-3,5,8-11H2,1H3. The summed E-state index contributed by atoms with van der Waals surface area (Å²) in [5.74, 6) is -3.28. The average Bonchev–Trinajstić information content (AvgIpc) is 2.71. The van der Waals surface area contributed by atoms with Crippen LogP contribution in [0.1, 0.15) is 79.3 Å². The highest BCUT2D eigenvalue weighted by Gasteiger charge is 2.31. The first kappa shape index (κ1) is 23.2. The van der Waals surface area contributed by atoms with Gasteiger partial charge in [-0.2, -0.15) is 13.2 Å². The molecule has 3 rings (SSSR count). The van der Waals surface area contributed by atoms with Gasteiger partial charge in [0.25, 0.3) is 0 Å². The fraction of sp³-hybridized carbons (Fsp3) is 0.458. The summed E-state index contributed by atoms with van der Waals surface area (Å²) in [5.41, 5.74) is -1.43. The molecule has 0 spiro atoms. The van der Waals surface area contributed by atoms with Gasteiger partial charge in [-0.15, -0.1) is 0 Å². The number of hydrogen-bond acceptors (Lipinski definition) is 2. The molecule has 1 aliphatic rings. The molecule has 0 N–H and O–H groups in total. The van der Waals surface area contributed by atoms with Crippen LogP contribution in [0, 0.1) is 17.6 Å². The third-order valence-electron chi connectivity index (χ3n) is 5.92. The molecule has 2 aromatic rings. The Kier molecular flexibility index (Phi) is 7.34. The van der Waals surface area contributed by atoms with Crippen LogP contribution in [0.5, 0.6) is 5.75 Å². The Morgan fingerprint density at radius 3 is 2.26 bits per heavy atom. The van der Waals surface area contributed by atoms with Gasteiger partial charge in [0.2, 0.25) is 0 Å². The Balaban J connectivity index is 1.71. The topological polar surface area (TPSA) is 26.3 Å². The summed E-state index contributed by atoms with van der Waals surface area (Å²) in [6, 6.07) is 5.88. The monoisotopic (exact) mass is 440 g/mol. The fourth-order valence-electron chi connectivity index (χ4n) is 4.19. The first-order chi connectivity index (χ1) is 14.7. The van der Waals surface area contributed by atoms with Crippen molar-refractivity contribution in [1.29, 1.82) is 0 Å². The van der Waals surface area contributed by atoms with Crippen molar-refractivity contribution in [3.8, 4) is 5.75 Å². The summed E-state index contributed by atoms with van der Waals surface area (Å²) in [6.07, 6.45) is 2.56. The van der Waals surface area contributed by atoms with Crippen molar-refractivity contribution in [2.75, 3.05) is 0 Å². The lowest BCUT2D eigenvalue weighted by Crippen LogP contribution is -2.17. The number of carbonyl (C=O) groups excluding carboxylic acids is 1. The zero-order chi connectivity index (χ0) is 22.6. The molecule has 168 valence electrons. The molecule has 0 aromatic heterocycles. The molecule has 0 radical (unpaired) electrons. The summed E-state index contributed by atoms with van der Waals surface area (Å²) in [6.45, 7) is 2.15. The van der Waals surface area contributed by atoms with Gasteiger partial charge in [0.05, 0.1) is 5.56 Å². The molecule has 0 amide bonds. The number of halogens is 5. The maximum atomic E-state index is 14.6. The second-order valence-corrected chi connectivity index (χ2v) is 8.13. The van der Waals surface area contributed by atoms with E-state index in [0.717, 1.165) is 62.4 Å². The Morgan fingerprint density at radius 2 is 1.68 bits per heavy atom. The highest BCUT2D eigenvalue weighted by molar-refractivity contribution is 5.91. The Bertz CT molecular complexity index is 891. The van der Waals surface area contributed by atoms with Crippen molar-refractivity contribution in [2.24, 2.45) is 5.92 Å². The van der Waals surface area contributed by atoms with Gasteiger partial charge in [0.15, 0.2) is 0 Å². The number of alkyl halides is 3. The van der Waals surface area contributed by atoms with E-state index in [1.807, 2.05) is 0 Å². The smallest absolute Gasteiger partial charge is 0.416 e. The molecule has 0 bridgehead atoms. The van der Waals surface area contributed by atoms with E-state index in [1.165, 1.54) is 12.8 Å². The van der Waals surface area contributed by atoms with Crippen LogP contribution in [0.3, 0.4) is 0 Å². The third-order valence-corrected chi connectivity index (χ3v) is 5.92. The molecule has 0 heterocycles. The third kappa shape index (κ3) is 5.83. The maximum Gasteiger partial charge on any atom is 0.416 e. The second kappa shape index (κ2) is 9.79. The normalized spacial score (nSPS) is 19.3. The van der Waals surface area contributed by atoms with E-state index >= 15 is 0 Å². The molecule has 2 nitrogen and oxygen atoms in total. The molecule has 1 fully saturated rings. The van der Waals surface area contributed by atoms with Crippen LogP contribution in [0.4, 0.5) is 22.0 Å². The molecule has 31 heavy (non-hydrogen) atoms.